The third-order valence-electron chi connectivity index (χ3n) is 5.76. The summed E-state index contributed by atoms with van der Waals surface area (Å²) in [6.07, 6.45) is 1.98. The molecule has 1 aliphatic heterocycles. The molecule has 0 atom stereocenters. The van der Waals surface area contributed by atoms with Crippen molar-refractivity contribution in [1.82, 2.24) is 24.9 Å². The van der Waals surface area contributed by atoms with Gasteiger partial charge in [-0.15, -0.1) is 0 Å². The summed E-state index contributed by atoms with van der Waals surface area (Å²) in [5, 5.41) is 39.2. The van der Waals surface area contributed by atoms with Crippen molar-refractivity contribution in [2.75, 3.05) is 85.1 Å². The van der Waals surface area contributed by atoms with E-state index in [9.17, 15) is 39.3 Å². The highest BCUT2D eigenvalue weighted by Crippen LogP contribution is 2.02. The monoisotopic (exact) mass is 517 g/mol. The van der Waals surface area contributed by atoms with Crippen LogP contribution in [0.5, 0.6) is 0 Å². The Labute approximate surface area is 210 Å². The van der Waals surface area contributed by atoms with E-state index in [1.54, 1.807) is 14.7 Å². The van der Waals surface area contributed by atoms with Crippen LogP contribution in [0.4, 0.5) is 0 Å². The molecule has 0 radical (unpaired) electrons. The zero-order chi connectivity index (χ0) is 26.9. The molecule has 1 rings (SSSR count). The third-order valence-corrected chi connectivity index (χ3v) is 5.76. The number of unbranched alkanes of at least 4 members (excludes halogenated alkanes) is 2. The quantitative estimate of drug-likeness (QED) is 0.163. The summed E-state index contributed by atoms with van der Waals surface area (Å²) >= 11 is 0. The maximum absolute atomic E-state index is 12.5. The number of carboxylic acids is 4. The summed E-state index contributed by atoms with van der Waals surface area (Å²) in [6, 6.07) is 0. The van der Waals surface area contributed by atoms with Crippen LogP contribution in [0, 0.1) is 0 Å². The van der Waals surface area contributed by atoms with E-state index in [-0.39, 0.29) is 38.5 Å². The average Bonchev–Trinajstić information content (AvgIpc) is 2.76. The molecule has 0 aromatic heterocycles. The lowest BCUT2D eigenvalue weighted by atomic mass is 10.2. The summed E-state index contributed by atoms with van der Waals surface area (Å²) in [7, 11) is 0. The summed E-state index contributed by atoms with van der Waals surface area (Å²) < 4.78 is 0. The minimum atomic E-state index is -1.02. The average molecular weight is 518 g/mol. The summed E-state index contributed by atoms with van der Waals surface area (Å²) in [4.78, 5) is 63.8. The van der Waals surface area contributed by atoms with Gasteiger partial charge in [0, 0.05) is 65.3 Å². The highest BCUT2D eigenvalue weighted by atomic mass is 16.4. The van der Waals surface area contributed by atoms with Crippen LogP contribution in [0.1, 0.15) is 25.7 Å². The number of nitrogens with one attached hydrogen (secondary N) is 1. The van der Waals surface area contributed by atoms with Gasteiger partial charge in [0.05, 0.1) is 26.2 Å². The molecule has 14 nitrogen and oxygen atoms in total. The van der Waals surface area contributed by atoms with Gasteiger partial charge in [-0.25, -0.2) is 0 Å². The lowest BCUT2D eigenvalue weighted by molar-refractivity contribution is -0.140. The molecule has 0 aromatic rings. The first-order valence-electron chi connectivity index (χ1n) is 12.1. The van der Waals surface area contributed by atoms with Gasteiger partial charge in [0.1, 0.15) is 0 Å². The molecule has 0 bridgehead atoms. The third kappa shape index (κ3) is 16.0. The fourth-order valence-electron chi connectivity index (χ4n) is 3.85. The second-order valence-electron chi connectivity index (χ2n) is 8.84. The molecule has 0 aliphatic carbocycles. The highest BCUT2D eigenvalue weighted by Gasteiger charge is 2.21. The van der Waals surface area contributed by atoms with E-state index in [2.05, 4.69) is 5.32 Å². The van der Waals surface area contributed by atoms with Crippen LogP contribution >= 0.6 is 0 Å². The molecular weight excluding hydrogens is 478 g/mol. The van der Waals surface area contributed by atoms with Crippen LogP contribution in [-0.4, -0.2) is 155 Å². The highest BCUT2D eigenvalue weighted by molar-refractivity contribution is 5.78. The van der Waals surface area contributed by atoms with Gasteiger partial charge in [-0.2, -0.15) is 0 Å². The molecule has 0 saturated carbocycles. The Morgan fingerprint density at radius 1 is 0.500 bits per heavy atom. The first-order chi connectivity index (χ1) is 17.0. The number of carbonyl (C=O) groups excluding carboxylic acids is 1. The van der Waals surface area contributed by atoms with E-state index < -0.39 is 23.9 Å². The number of nitrogens with zero attached hydrogens (tertiary/aromatic N) is 4. The number of carbonyl (C=O) groups is 5. The predicted molar refractivity (Wildman–Crippen MR) is 128 cm³/mol. The van der Waals surface area contributed by atoms with Crippen molar-refractivity contribution in [3.8, 4) is 0 Å². The Morgan fingerprint density at radius 3 is 1.19 bits per heavy atom. The van der Waals surface area contributed by atoms with Crippen LogP contribution in [0.25, 0.3) is 0 Å². The number of carboxylic acid groups (broad SMARTS) is 4. The van der Waals surface area contributed by atoms with Crippen molar-refractivity contribution in [3.05, 3.63) is 0 Å². The molecule has 0 aromatic carbocycles. The Balaban J connectivity index is 2.77. The van der Waals surface area contributed by atoms with E-state index in [0.717, 1.165) is 0 Å². The fraction of sp³-hybridized carbons (Fsp3) is 0.773. The van der Waals surface area contributed by atoms with Crippen LogP contribution in [0.2, 0.25) is 0 Å². The largest absolute Gasteiger partial charge is 0.481 e. The van der Waals surface area contributed by atoms with Gasteiger partial charge in [0.15, 0.2) is 0 Å². The lowest BCUT2D eigenvalue weighted by Crippen LogP contribution is -2.49. The van der Waals surface area contributed by atoms with E-state index >= 15 is 0 Å². The van der Waals surface area contributed by atoms with Gasteiger partial charge in [0.2, 0.25) is 5.91 Å². The Bertz CT molecular complexity index is 705. The van der Waals surface area contributed by atoms with Crippen molar-refractivity contribution in [1.29, 1.82) is 0 Å². The van der Waals surface area contributed by atoms with Crippen molar-refractivity contribution in [2.45, 2.75) is 25.7 Å². The number of hydrogen-bond acceptors (Lipinski definition) is 9. The van der Waals surface area contributed by atoms with Crippen LogP contribution < -0.4 is 5.32 Å². The van der Waals surface area contributed by atoms with Gasteiger partial charge in [-0.05, 0) is 12.8 Å². The molecule has 1 fully saturated rings. The van der Waals surface area contributed by atoms with E-state index in [0.29, 0.717) is 78.2 Å². The number of amides is 1. The topological polar surface area (TPSA) is 191 Å². The predicted octanol–water partition coefficient (Wildman–Crippen LogP) is -1.78. The van der Waals surface area contributed by atoms with Crippen molar-refractivity contribution in [2.24, 2.45) is 0 Å². The molecule has 1 saturated heterocycles. The normalized spacial score (nSPS) is 17.6. The first-order valence-corrected chi connectivity index (χ1v) is 12.1. The molecule has 1 aliphatic rings. The smallest absolute Gasteiger partial charge is 0.317 e. The molecule has 36 heavy (non-hydrogen) atoms. The summed E-state index contributed by atoms with van der Waals surface area (Å²) in [5.74, 6) is -4.10. The standard InChI is InChI=1S/C22H39N5O9/c28-18(23-5-3-1-2-4-19(29)30)14-24-6-8-25(15-20(31)32)10-12-27(17-22(35)36)13-11-26(9-7-24)16-21(33)34/h1-17H2,(H,23,28)(H,29,30)(H,31,32)(H,33,34)(H,35,36). The summed E-state index contributed by atoms with van der Waals surface area (Å²) in [5.41, 5.74) is 0. The Hall–Kier alpha value is -2.81. The van der Waals surface area contributed by atoms with Gasteiger partial charge in [-0.3, -0.25) is 43.6 Å². The molecule has 0 unspecified atom stereocenters. The maximum Gasteiger partial charge on any atom is 0.317 e. The molecule has 14 heteroatoms. The molecule has 5 N–H and O–H groups in total. The second kappa shape index (κ2) is 17.6. The van der Waals surface area contributed by atoms with Crippen LogP contribution in [0.3, 0.4) is 0 Å². The first kappa shape index (κ1) is 31.2. The molecule has 0 spiro atoms. The van der Waals surface area contributed by atoms with Crippen molar-refractivity contribution in [3.63, 3.8) is 0 Å². The lowest BCUT2D eigenvalue weighted by Gasteiger charge is -2.32. The maximum atomic E-state index is 12.5. The van der Waals surface area contributed by atoms with E-state index in [1.807, 2.05) is 4.90 Å². The zero-order valence-corrected chi connectivity index (χ0v) is 20.6. The number of hydrogen-bond donors (Lipinski definition) is 5. The van der Waals surface area contributed by atoms with Crippen molar-refractivity contribution < 1.29 is 44.4 Å². The second-order valence-corrected chi connectivity index (χ2v) is 8.84. The number of aliphatic carboxylic acids is 4. The van der Waals surface area contributed by atoms with Gasteiger partial charge in [-0.1, -0.05) is 6.42 Å². The SMILES string of the molecule is O=C(O)CCCCCNC(=O)CN1CCN(CC(=O)O)CCN(CC(=O)O)CCN(CC(=O)O)CC1. The summed E-state index contributed by atoms with van der Waals surface area (Å²) in [6.45, 7) is 2.48. The van der Waals surface area contributed by atoms with Gasteiger partial charge in [0.25, 0.3) is 0 Å². The van der Waals surface area contributed by atoms with Crippen molar-refractivity contribution >= 4 is 29.8 Å². The van der Waals surface area contributed by atoms with E-state index in [1.165, 1.54) is 0 Å². The number of rotatable bonds is 14. The van der Waals surface area contributed by atoms with Gasteiger partial charge < -0.3 is 25.7 Å². The van der Waals surface area contributed by atoms with Crippen LogP contribution in [-0.2, 0) is 24.0 Å². The minimum Gasteiger partial charge on any atom is -0.481 e. The Morgan fingerprint density at radius 2 is 0.861 bits per heavy atom. The van der Waals surface area contributed by atoms with Gasteiger partial charge >= 0.3 is 23.9 Å². The fourth-order valence-corrected chi connectivity index (χ4v) is 3.85. The van der Waals surface area contributed by atoms with Crippen LogP contribution in [0.15, 0.2) is 0 Å². The minimum absolute atomic E-state index is 0.0576. The van der Waals surface area contributed by atoms with E-state index in [4.69, 9.17) is 5.11 Å². The Kier molecular flexibility index (Phi) is 15.3. The molecule has 1 amide bonds. The zero-order valence-electron chi connectivity index (χ0n) is 20.6. The molecule has 1 heterocycles. The molecular formula is C22H39N5O9. The molecule has 206 valence electrons.